The molecule has 0 spiro atoms. The minimum atomic E-state index is -0.371. The monoisotopic (exact) mass is 289 g/mol. The number of nitro benzene ring substituents is 1. The van der Waals surface area contributed by atoms with Crippen molar-refractivity contribution in [3.05, 3.63) is 112 Å². The summed E-state index contributed by atoms with van der Waals surface area (Å²) in [4.78, 5) is 10.5. The van der Waals surface area contributed by atoms with Crippen molar-refractivity contribution in [2.75, 3.05) is 0 Å². The van der Waals surface area contributed by atoms with Crippen LogP contribution in [0.25, 0.3) is 0 Å². The van der Waals surface area contributed by atoms with Crippen molar-refractivity contribution in [2.45, 2.75) is 5.92 Å². The van der Waals surface area contributed by atoms with Crippen molar-refractivity contribution in [2.24, 2.45) is 0 Å². The van der Waals surface area contributed by atoms with Gasteiger partial charge in [-0.05, 0) is 16.7 Å². The van der Waals surface area contributed by atoms with E-state index in [2.05, 4.69) is 24.3 Å². The maximum absolute atomic E-state index is 10.8. The summed E-state index contributed by atoms with van der Waals surface area (Å²) in [5.74, 6) is 0.0724. The van der Waals surface area contributed by atoms with Crippen LogP contribution in [0.1, 0.15) is 22.6 Å². The van der Waals surface area contributed by atoms with E-state index in [-0.39, 0.29) is 16.5 Å². The van der Waals surface area contributed by atoms with Crippen LogP contribution in [-0.4, -0.2) is 4.92 Å². The van der Waals surface area contributed by atoms with Crippen LogP contribution >= 0.6 is 0 Å². The van der Waals surface area contributed by atoms with Crippen molar-refractivity contribution in [1.29, 1.82) is 0 Å². The third-order valence-corrected chi connectivity index (χ3v) is 3.70. The Kier molecular flexibility index (Phi) is 3.97. The van der Waals surface area contributed by atoms with Crippen LogP contribution in [0.15, 0.2) is 84.9 Å². The topological polar surface area (TPSA) is 43.1 Å². The number of nitrogens with zero attached hydrogens (tertiary/aromatic N) is 1. The molecule has 0 aromatic heterocycles. The molecule has 0 radical (unpaired) electrons. The Balaban J connectivity index is 2.08. The van der Waals surface area contributed by atoms with Crippen LogP contribution in [-0.2, 0) is 0 Å². The predicted molar refractivity (Wildman–Crippen MR) is 86.9 cm³/mol. The van der Waals surface area contributed by atoms with E-state index in [0.717, 1.165) is 5.56 Å². The maximum Gasteiger partial charge on any atom is 0.269 e. The van der Waals surface area contributed by atoms with Gasteiger partial charge < -0.3 is 0 Å². The Hall–Kier alpha value is -2.94. The van der Waals surface area contributed by atoms with Gasteiger partial charge in [0.1, 0.15) is 0 Å². The zero-order valence-electron chi connectivity index (χ0n) is 11.9. The fraction of sp³-hybridized carbons (Fsp3) is 0.0526. The van der Waals surface area contributed by atoms with Crippen molar-refractivity contribution < 1.29 is 4.92 Å². The summed E-state index contributed by atoms with van der Waals surface area (Å²) in [7, 11) is 0. The second-order valence-corrected chi connectivity index (χ2v) is 5.10. The van der Waals surface area contributed by atoms with Crippen molar-refractivity contribution in [3.63, 3.8) is 0 Å². The molecule has 3 heteroatoms. The van der Waals surface area contributed by atoms with Gasteiger partial charge in [-0.15, -0.1) is 0 Å². The molecular formula is C19H15NO2. The standard InChI is InChI=1S/C19H15NO2/c21-20(22)18-13-11-17(12-14-18)19(15-7-3-1-4-8-15)16-9-5-2-6-10-16/h1-14,19H. The lowest BCUT2D eigenvalue weighted by Gasteiger charge is -2.18. The van der Waals surface area contributed by atoms with Gasteiger partial charge in [0.25, 0.3) is 5.69 Å². The Labute approximate surface area is 129 Å². The van der Waals surface area contributed by atoms with E-state index in [1.54, 1.807) is 12.1 Å². The lowest BCUT2D eigenvalue weighted by molar-refractivity contribution is -0.384. The molecule has 0 saturated heterocycles. The summed E-state index contributed by atoms with van der Waals surface area (Å²) in [5, 5.41) is 10.8. The van der Waals surface area contributed by atoms with E-state index in [1.807, 2.05) is 48.5 Å². The molecule has 0 aliphatic carbocycles. The van der Waals surface area contributed by atoms with Crippen molar-refractivity contribution >= 4 is 5.69 Å². The van der Waals surface area contributed by atoms with Crippen LogP contribution in [0, 0.1) is 10.1 Å². The molecule has 0 N–H and O–H groups in total. The molecule has 3 rings (SSSR count). The molecule has 0 atom stereocenters. The third kappa shape index (κ3) is 2.88. The number of hydrogen-bond acceptors (Lipinski definition) is 2. The maximum atomic E-state index is 10.8. The SMILES string of the molecule is O=[N+]([O-])c1ccc(C(c2ccccc2)c2ccccc2)cc1. The van der Waals surface area contributed by atoms with Crippen LogP contribution < -0.4 is 0 Å². The summed E-state index contributed by atoms with van der Waals surface area (Å²) in [5.41, 5.74) is 3.50. The number of nitro groups is 1. The molecule has 3 aromatic rings. The lowest BCUT2D eigenvalue weighted by Crippen LogP contribution is -2.03. The molecule has 22 heavy (non-hydrogen) atoms. The first-order valence-corrected chi connectivity index (χ1v) is 7.10. The van der Waals surface area contributed by atoms with Crippen LogP contribution in [0.3, 0.4) is 0 Å². The molecule has 0 heterocycles. The second kappa shape index (κ2) is 6.22. The highest BCUT2D eigenvalue weighted by Gasteiger charge is 2.17. The van der Waals surface area contributed by atoms with E-state index in [0.29, 0.717) is 0 Å². The molecule has 0 unspecified atom stereocenters. The minimum absolute atomic E-state index is 0.0724. The van der Waals surface area contributed by atoms with Gasteiger partial charge in [0, 0.05) is 18.1 Å². The highest BCUT2D eigenvalue weighted by molar-refractivity contribution is 5.45. The number of hydrogen-bond donors (Lipinski definition) is 0. The summed E-state index contributed by atoms with van der Waals surface area (Å²) in [6.45, 7) is 0. The molecule has 0 fully saturated rings. The van der Waals surface area contributed by atoms with Gasteiger partial charge in [-0.1, -0.05) is 72.8 Å². The molecule has 108 valence electrons. The Morgan fingerprint density at radius 2 is 1.05 bits per heavy atom. The van der Waals surface area contributed by atoms with E-state index >= 15 is 0 Å². The zero-order chi connectivity index (χ0) is 15.4. The first kappa shape index (κ1) is 14.0. The van der Waals surface area contributed by atoms with Gasteiger partial charge in [0.2, 0.25) is 0 Å². The van der Waals surface area contributed by atoms with E-state index in [9.17, 15) is 10.1 Å². The highest BCUT2D eigenvalue weighted by Crippen LogP contribution is 2.32. The molecule has 3 nitrogen and oxygen atoms in total. The first-order valence-electron chi connectivity index (χ1n) is 7.10. The largest absolute Gasteiger partial charge is 0.269 e. The minimum Gasteiger partial charge on any atom is -0.258 e. The molecule has 0 aliphatic rings. The first-order chi connectivity index (χ1) is 10.8. The van der Waals surface area contributed by atoms with Crippen LogP contribution in [0.4, 0.5) is 5.69 Å². The van der Waals surface area contributed by atoms with E-state index < -0.39 is 0 Å². The fourth-order valence-corrected chi connectivity index (χ4v) is 2.66. The van der Waals surface area contributed by atoms with E-state index in [4.69, 9.17) is 0 Å². The van der Waals surface area contributed by atoms with Crippen LogP contribution in [0.5, 0.6) is 0 Å². The molecule has 0 amide bonds. The van der Waals surface area contributed by atoms with Gasteiger partial charge in [0.05, 0.1) is 4.92 Å². The van der Waals surface area contributed by atoms with Gasteiger partial charge in [-0.25, -0.2) is 0 Å². The van der Waals surface area contributed by atoms with Gasteiger partial charge in [-0.2, -0.15) is 0 Å². The average molecular weight is 289 g/mol. The predicted octanol–water partition coefficient (Wildman–Crippen LogP) is 4.78. The molecule has 0 aliphatic heterocycles. The normalized spacial score (nSPS) is 10.6. The smallest absolute Gasteiger partial charge is 0.258 e. The molecule has 3 aromatic carbocycles. The number of rotatable bonds is 4. The highest BCUT2D eigenvalue weighted by atomic mass is 16.6. The van der Waals surface area contributed by atoms with Gasteiger partial charge in [0.15, 0.2) is 0 Å². The number of non-ortho nitro benzene ring substituents is 1. The second-order valence-electron chi connectivity index (χ2n) is 5.10. The molecular weight excluding hydrogens is 274 g/mol. The van der Waals surface area contributed by atoms with Gasteiger partial charge >= 0.3 is 0 Å². The van der Waals surface area contributed by atoms with Crippen LogP contribution in [0.2, 0.25) is 0 Å². The summed E-state index contributed by atoms with van der Waals surface area (Å²) >= 11 is 0. The Bertz CT molecular complexity index is 713. The van der Waals surface area contributed by atoms with E-state index in [1.165, 1.54) is 11.1 Å². The van der Waals surface area contributed by atoms with Crippen molar-refractivity contribution in [1.82, 2.24) is 0 Å². The van der Waals surface area contributed by atoms with Gasteiger partial charge in [-0.3, -0.25) is 10.1 Å². The quantitative estimate of drug-likeness (QED) is 0.394. The Morgan fingerprint density at radius 1 is 0.636 bits per heavy atom. The third-order valence-electron chi connectivity index (χ3n) is 3.70. The average Bonchev–Trinajstić information content (AvgIpc) is 2.57. The number of benzene rings is 3. The van der Waals surface area contributed by atoms with Crippen molar-refractivity contribution in [3.8, 4) is 0 Å². The summed E-state index contributed by atoms with van der Waals surface area (Å²) < 4.78 is 0. The molecule has 0 saturated carbocycles. The summed E-state index contributed by atoms with van der Waals surface area (Å²) in [6, 6.07) is 27.1. The fourth-order valence-electron chi connectivity index (χ4n) is 2.66. The molecule has 0 bridgehead atoms. The Morgan fingerprint density at radius 3 is 1.45 bits per heavy atom. The lowest BCUT2D eigenvalue weighted by atomic mass is 9.85. The summed E-state index contributed by atoms with van der Waals surface area (Å²) in [6.07, 6.45) is 0. The zero-order valence-corrected chi connectivity index (χ0v) is 11.9.